The number of carbonyl (C=O) groups excluding carboxylic acids is 2. The van der Waals surface area contributed by atoms with Crippen molar-refractivity contribution in [2.24, 2.45) is 5.92 Å². The fourth-order valence-corrected chi connectivity index (χ4v) is 2.99. The number of nitrogens with zero attached hydrogens (tertiary/aromatic N) is 1. The molecule has 1 saturated heterocycles. The van der Waals surface area contributed by atoms with E-state index in [1.807, 2.05) is 6.92 Å². The van der Waals surface area contributed by atoms with E-state index >= 15 is 0 Å². The van der Waals surface area contributed by atoms with Gasteiger partial charge >= 0.3 is 0 Å². The first-order valence-electron chi connectivity index (χ1n) is 7.37. The average Bonchev–Trinajstić information content (AvgIpc) is 3.28. The van der Waals surface area contributed by atoms with Crippen LogP contribution in [0.5, 0.6) is 0 Å². The Hall–Kier alpha value is -1.91. The predicted octanol–water partition coefficient (Wildman–Crippen LogP) is 2.01. The quantitative estimate of drug-likeness (QED) is 0.926. The third-order valence-electron chi connectivity index (χ3n) is 4.48. The summed E-state index contributed by atoms with van der Waals surface area (Å²) in [5, 5.41) is 2.83. The Morgan fingerprint density at radius 2 is 1.86 bits per heavy atom. The largest absolute Gasteiger partial charge is 0.342 e. The van der Waals surface area contributed by atoms with Crippen LogP contribution in [0.25, 0.3) is 0 Å². The molecule has 1 aliphatic heterocycles. The van der Waals surface area contributed by atoms with Crippen molar-refractivity contribution >= 4 is 11.8 Å². The van der Waals surface area contributed by atoms with Crippen molar-refractivity contribution in [3.63, 3.8) is 0 Å². The standard InChI is InChI=1S/C16H19FN2O2/c1-9(11-5-7-13(17)8-6-11)19-10(2)15(20)18-14(16(19)21)12-3-4-12/h5-10,12,14H,3-4H2,1-2H3,(H,18,20). The zero-order valence-electron chi connectivity index (χ0n) is 12.2. The highest BCUT2D eigenvalue weighted by atomic mass is 19.1. The summed E-state index contributed by atoms with van der Waals surface area (Å²) in [6.45, 7) is 3.61. The van der Waals surface area contributed by atoms with E-state index in [9.17, 15) is 14.0 Å². The maximum Gasteiger partial charge on any atom is 0.246 e. The molecule has 2 fully saturated rings. The molecule has 112 valence electrons. The summed E-state index contributed by atoms with van der Waals surface area (Å²) in [5.41, 5.74) is 0.834. The van der Waals surface area contributed by atoms with E-state index in [0.29, 0.717) is 0 Å². The van der Waals surface area contributed by atoms with Crippen molar-refractivity contribution in [2.75, 3.05) is 0 Å². The summed E-state index contributed by atoms with van der Waals surface area (Å²) in [7, 11) is 0. The zero-order valence-corrected chi connectivity index (χ0v) is 12.2. The summed E-state index contributed by atoms with van der Waals surface area (Å²) in [4.78, 5) is 26.4. The Bertz CT molecular complexity index is 568. The van der Waals surface area contributed by atoms with E-state index in [1.165, 1.54) is 12.1 Å². The number of rotatable bonds is 3. The number of nitrogens with one attached hydrogen (secondary N) is 1. The van der Waals surface area contributed by atoms with Crippen LogP contribution in [0.4, 0.5) is 4.39 Å². The van der Waals surface area contributed by atoms with Crippen molar-refractivity contribution in [3.05, 3.63) is 35.6 Å². The summed E-state index contributed by atoms with van der Waals surface area (Å²) in [6, 6.07) is 4.94. The second-order valence-corrected chi connectivity index (χ2v) is 5.97. The highest BCUT2D eigenvalue weighted by Crippen LogP contribution is 2.37. The van der Waals surface area contributed by atoms with E-state index < -0.39 is 12.1 Å². The minimum atomic E-state index is -0.507. The van der Waals surface area contributed by atoms with Crippen molar-refractivity contribution in [1.82, 2.24) is 10.2 Å². The van der Waals surface area contributed by atoms with E-state index in [0.717, 1.165) is 18.4 Å². The molecular weight excluding hydrogens is 271 g/mol. The normalized spacial score (nSPS) is 27.5. The number of halogens is 1. The maximum absolute atomic E-state index is 13.0. The van der Waals surface area contributed by atoms with E-state index in [4.69, 9.17) is 0 Å². The van der Waals surface area contributed by atoms with Crippen LogP contribution in [0.2, 0.25) is 0 Å². The Labute approximate surface area is 123 Å². The Morgan fingerprint density at radius 3 is 2.43 bits per heavy atom. The average molecular weight is 290 g/mol. The first kappa shape index (κ1) is 14.0. The van der Waals surface area contributed by atoms with Gasteiger partial charge in [-0.1, -0.05) is 12.1 Å². The van der Waals surface area contributed by atoms with Crippen LogP contribution in [-0.4, -0.2) is 28.8 Å². The Kier molecular flexibility index (Phi) is 3.43. The lowest BCUT2D eigenvalue weighted by Gasteiger charge is -2.41. The fourth-order valence-electron chi connectivity index (χ4n) is 2.99. The highest BCUT2D eigenvalue weighted by molar-refractivity contribution is 5.97. The zero-order chi connectivity index (χ0) is 15.1. The predicted molar refractivity (Wildman–Crippen MR) is 75.8 cm³/mol. The van der Waals surface area contributed by atoms with Crippen LogP contribution >= 0.6 is 0 Å². The van der Waals surface area contributed by atoms with Gasteiger partial charge in [0.1, 0.15) is 17.9 Å². The third-order valence-corrected chi connectivity index (χ3v) is 4.48. The third kappa shape index (κ3) is 2.52. The van der Waals surface area contributed by atoms with Crippen LogP contribution < -0.4 is 5.32 Å². The summed E-state index contributed by atoms with van der Waals surface area (Å²) in [5.74, 6) is -0.170. The molecule has 2 amide bonds. The first-order chi connectivity index (χ1) is 9.99. The van der Waals surface area contributed by atoms with Gasteiger partial charge in [0.2, 0.25) is 11.8 Å². The molecule has 1 N–H and O–H groups in total. The van der Waals surface area contributed by atoms with Crippen LogP contribution in [0.15, 0.2) is 24.3 Å². The van der Waals surface area contributed by atoms with Crippen LogP contribution in [0.1, 0.15) is 38.3 Å². The smallest absolute Gasteiger partial charge is 0.246 e. The monoisotopic (exact) mass is 290 g/mol. The van der Waals surface area contributed by atoms with Gasteiger partial charge in [0, 0.05) is 0 Å². The molecule has 5 heteroatoms. The van der Waals surface area contributed by atoms with Crippen LogP contribution in [0, 0.1) is 11.7 Å². The minimum Gasteiger partial charge on any atom is -0.342 e. The number of hydrogen-bond acceptors (Lipinski definition) is 2. The molecule has 1 saturated carbocycles. The second kappa shape index (κ2) is 5.13. The van der Waals surface area contributed by atoms with E-state index in [-0.39, 0.29) is 29.6 Å². The van der Waals surface area contributed by atoms with Crippen molar-refractivity contribution in [3.8, 4) is 0 Å². The lowest BCUT2D eigenvalue weighted by atomic mass is 9.99. The number of carbonyl (C=O) groups is 2. The van der Waals surface area contributed by atoms with Crippen LogP contribution in [-0.2, 0) is 9.59 Å². The van der Waals surface area contributed by atoms with Crippen molar-refractivity contribution in [1.29, 1.82) is 0 Å². The summed E-state index contributed by atoms with van der Waals surface area (Å²) in [6.07, 6.45) is 1.98. The lowest BCUT2D eigenvalue weighted by Crippen LogP contribution is -2.63. The molecule has 3 atom stereocenters. The molecule has 4 nitrogen and oxygen atoms in total. The van der Waals surface area contributed by atoms with Gasteiger partial charge in [0.25, 0.3) is 0 Å². The topological polar surface area (TPSA) is 49.4 Å². The van der Waals surface area contributed by atoms with Crippen LogP contribution in [0.3, 0.4) is 0 Å². The fraction of sp³-hybridized carbons (Fsp3) is 0.500. The summed E-state index contributed by atoms with van der Waals surface area (Å²) >= 11 is 0. The number of hydrogen-bond donors (Lipinski definition) is 1. The minimum absolute atomic E-state index is 0.0265. The molecule has 3 unspecified atom stereocenters. The maximum atomic E-state index is 13.0. The molecule has 1 heterocycles. The van der Waals surface area contributed by atoms with Gasteiger partial charge in [-0.25, -0.2) is 4.39 Å². The molecule has 3 rings (SSSR count). The molecule has 1 aromatic carbocycles. The molecule has 0 aromatic heterocycles. The van der Waals surface area contributed by atoms with Gasteiger partial charge in [0.15, 0.2) is 0 Å². The molecule has 0 spiro atoms. The van der Waals surface area contributed by atoms with E-state index in [1.54, 1.807) is 24.0 Å². The molecule has 0 bridgehead atoms. The molecule has 0 radical (unpaired) electrons. The van der Waals surface area contributed by atoms with Gasteiger partial charge < -0.3 is 10.2 Å². The molecule has 2 aliphatic rings. The van der Waals surface area contributed by atoms with Gasteiger partial charge in [-0.2, -0.15) is 0 Å². The molecule has 21 heavy (non-hydrogen) atoms. The van der Waals surface area contributed by atoms with Gasteiger partial charge in [0.05, 0.1) is 6.04 Å². The molecule has 1 aliphatic carbocycles. The Balaban J connectivity index is 1.87. The number of benzene rings is 1. The molecule has 1 aromatic rings. The SMILES string of the molecule is CC1C(=O)NC(C2CC2)C(=O)N1C(C)c1ccc(F)cc1. The van der Waals surface area contributed by atoms with Gasteiger partial charge in [-0.15, -0.1) is 0 Å². The van der Waals surface area contributed by atoms with E-state index in [2.05, 4.69) is 5.32 Å². The first-order valence-corrected chi connectivity index (χ1v) is 7.37. The number of amides is 2. The van der Waals surface area contributed by atoms with Gasteiger partial charge in [-0.3, -0.25) is 9.59 Å². The second-order valence-electron chi connectivity index (χ2n) is 5.97. The van der Waals surface area contributed by atoms with Crippen molar-refractivity contribution < 1.29 is 14.0 Å². The van der Waals surface area contributed by atoms with Crippen molar-refractivity contribution in [2.45, 2.75) is 44.8 Å². The molecular formula is C16H19FN2O2. The van der Waals surface area contributed by atoms with Gasteiger partial charge in [-0.05, 0) is 50.3 Å². The lowest BCUT2D eigenvalue weighted by molar-refractivity contribution is -0.151. The highest BCUT2D eigenvalue weighted by Gasteiger charge is 2.46. The number of piperazine rings is 1. The summed E-state index contributed by atoms with van der Waals surface area (Å²) < 4.78 is 13.0. The Morgan fingerprint density at radius 1 is 1.24 bits per heavy atom.